The highest BCUT2D eigenvalue weighted by molar-refractivity contribution is 6.35. The highest BCUT2D eigenvalue weighted by atomic mass is 35.5. The van der Waals surface area contributed by atoms with Gasteiger partial charge in [0.1, 0.15) is 5.82 Å². The summed E-state index contributed by atoms with van der Waals surface area (Å²) in [4.78, 5) is 0. The predicted molar refractivity (Wildman–Crippen MR) is 109 cm³/mol. The minimum atomic E-state index is 0.432. The molecule has 1 aliphatic heterocycles. The van der Waals surface area contributed by atoms with E-state index < -0.39 is 0 Å². The molecule has 3 nitrogen and oxygen atoms in total. The largest absolute Gasteiger partial charge is 0.369 e. The standard InChI is InChI=1S/C21H21Cl2N3/c1-13(2)16-5-3-4-6-20(16)26-21-17(9-10-24-21)19(25-26)11-14-7-8-15(22)12-18(14)23/h3-8,12-13,24H,9-11H2,1-2H3. The van der Waals surface area contributed by atoms with Crippen LogP contribution in [0.25, 0.3) is 5.69 Å². The summed E-state index contributed by atoms with van der Waals surface area (Å²) >= 11 is 12.4. The summed E-state index contributed by atoms with van der Waals surface area (Å²) in [5.41, 5.74) is 5.85. The molecule has 134 valence electrons. The van der Waals surface area contributed by atoms with Gasteiger partial charge in [0.05, 0.1) is 11.4 Å². The van der Waals surface area contributed by atoms with Gasteiger partial charge in [-0.05, 0) is 41.7 Å². The number of anilines is 1. The minimum absolute atomic E-state index is 0.432. The van der Waals surface area contributed by atoms with Crippen LogP contribution in [0, 0.1) is 0 Å². The van der Waals surface area contributed by atoms with Crippen LogP contribution >= 0.6 is 23.2 Å². The Kier molecular flexibility index (Phi) is 4.68. The molecule has 0 unspecified atom stereocenters. The molecule has 1 aromatic heterocycles. The summed E-state index contributed by atoms with van der Waals surface area (Å²) in [6.07, 6.45) is 1.69. The molecule has 0 spiro atoms. The summed E-state index contributed by atoms with van der Waals surface area (Å²) < 4.78 is 2.07. The second-order valence-electron chi connectivity index (χ2n) is 6.99. The van der Waals surface area contributed by atoms with Crippen LogP contribution in [-0.4, -0.2) is 16.3 Å². The van der Waals surface area contributed by atoms with Gasteiger partial charge in [-0.25, -0.2) is 4.68 Å². The number of nitrogens with one attached hydrogen (secondary N) is 1. The molecule has 4 rings (SSSR count). The first-order valence-electron chi connectivity index (χ1n) is 8.92. The molecule has 0 radical (unpaired) electrons. The molecule has 26 heavy (non-hydrogen) atoms. The lowest BCUT2D eigenvalue weighted by atomic mass is 10.0. The number of halogens is 2. The topological polar surface area (TPSA) is 29.9 Å². The van der Waals surface area contributed by atoms with Crippen molar-refractivity contribution in [1.29, 1.82) is 0 Å². The molecule has 0 amide bonds. The van der Waals surface area contributed by atoms with Gasteiger partial charge in [-0.1, -0.05) is 61.3 Å². The summed E-state index contributed by atoms with van der Waals surface area (Å²) in [5.74, 6) is 1.54. The van der Waals surface area contributed by atoms with Gasteiger partial charge in [-0.15, -0.1) is 0 Å². The number of rotatable bonds is 4. The van der Waals surface area contributed by atoms with Gasteiger partial charge in [0.25, 0.3) is 0 Å². The number of aromatic nitrogens is 2. The zero-order valence-electron chi connectivity index (χ0n) is 14.9. The molecule has 3 aromatic rings. The lowest BCUT2D eigenvalue weighted by molar-refractivity contribution is 0.795. The van der Waals surface area contributed by atoms with Crippen molar-refractivity contribution in [2.24, 2.45) is 0 Å². The summed E-state index contributed by atoms with van der Waals surface area (Å²) in [6.45, 7) is 5.37. The van der Waals surface area contributed by atoms with Gasteiger partial charge in [-0.2, -0.15) is 5.10 Å². The van der Waals surface area contributed by atoms with E-state index in [-0.39, 0.29) is 0 Å². The van der Waals surface area contributed by atoms with E-state index in [2.05, 4.69) is 48.1 Å². The second-order valence-corrected chi connectivity index (χ2v) is 7.83. The molecule has 0 bridgehead atoms. The summed E-state index contributed by atoms with van der Waals surface area (Å²) in [5, 5.41) is 9.82. The van der Waals surface area contributed by atoms with E-state index in [4.69, 9.17) is 28.3 Å². The first kappa shape index (κ1) is 17.4. The SMILES string of the molecule is CC(C)c1ccccc1-n1nc(Cc2ccc(Cl)cc2Cl)c2c1NCC2. The fourth-order valence-corrected chi connectivity index (χ4v) is 4.05. The van der Waals surface area contributed by atoms with Gasteiger partial charge < -0.3 is 5.32 Å². The van der Waals surface area contributed by atoms with Gasteiger partial charge in [-0.3, -0.25) is 0 Å². The Hall–Kier alpha value is -1.97. The summed E-state index contributed by atoms with van der Waals surface area (Å²) in [6, 6.07) is 14.1. The lowest BCUT2D eigenvalue weighted by Gasteiger charge is -2.14. The lowest BCUT2D eigenvalue weighted by Crippen LogP contribution is -2.08. The molecule has 0 aliphatic carbocycles. The minimum Gasteiger partial charge on any atom is -0.369 e. The van der Waals surface area contributed by atoms with Crippen molar-refractivity contribution in [2.45, 2.75) is 32.6 Å². The average molecular weight is 386 g/mol. The van der Waals surface area contributed by atoms with E-state index >= 15 is 0 Å². The van der Waals surface area contributed by atoms with Crippen molar-refractivity contribution in [3.8, 4) is 5.69 Å². The molecule has 1 N–H and O–H groups in total. The monoisotopic (exact) mass is 385 g/mol. The highest BCUT2D eigenvalue weighted by Gasteiger charge is 2.24. The Balaban J connectivity index is 1.79. The highest BCUT2D eigenvalue weighted by Crippen LogP contribution is 2.33. The first-order chi connectivity index (χ1) is 12.5. The average Bonchev–Trinajstić information content (AvgIpc) is 3.21. The number of hydrogen-bond donors (Lipinski definition) is 1. The Morgan fingerprint density at radius 1 is 1.15 bits per heavy atom. The fourth-order valence-electron chi connectivity index (χ4n) is 3.58. The predicted octanol–water partition coefficient (Wildman–Crippen LogP) is 5.86. The fraction of sp³-hybridized carbons (Fsp3) is 0.286. The normalized spacial score (nSPS) is 13.1. The zero-order valence-corrected chi connectivity index (χ0v) is 16.4. The molecular formula is C21H21Cl2N3. The van der Waals surface area contributed by atoms with Gasteiger partial charge in [0.2, 0.25) is 0 Å². The Labute approximate surface area is 163 Å². The Morgan fingerprint density at radius 3 is 2.73 bits per heavy atom. The second kappa shape index (κ2) is 6.98. The van der Waals surface area contributed by atoms with Crippen LogP contribution in [0.1, 0.15) is 42.1 Å². The molecule has 0 saturated carbocycles. The van der Waals surface area contributed by atoms with E-state index in [0.29, 0.717) is 22.4 Å². The van der Waals surface area contributed by atoms with E-state index in [1.54, 1.807) is 6.07 Å². The number of hydrogen-bond acceptors (Lipinski definition) is 2. The maximum absolute atomic E-state index is 6.39. The van der Waals surface area contributed by atoms with E-state index in [1.165, 1.54) is 11.1 Å². The molecular weight excluding hydrogens is 365 g/mol. The molecule has 0 saturated heterocycles. The van der Waals surface area contributed by atoms with Crippen LogP contribution in [0.15, 0.2) is 42.5 Å². The summed E-state index contributed by atoms with van der Waals surface area (Å²) in [7, 11) is 0. The van der Waals surface area contributed by atoms with Crippen LogP contribution in [0.5, 0.6) is 0 Å². The van der Waals surface area contributed by atoms with Gasteiger partial charge in [0.15, 0.2) is 0 Å². The van der Waals surface area contributed by atoms with Crippen LogP contribution in [0.2, 0.25) is 10.0 Å². The molecule has 1 aliphatic rings. The van der Waals surface area contributed by atoms with E-state index in [1.807, 2.05) is 12.1 Å². The maximum atomic E-state index is 6.39. The number of fused-ring (bicyclic) bond motifs is 1. The zero-order chi connectivity index (χ0) is 18.3. The van der Waals surface area contributed by atoms with E-state index in [0.717, 1.165) is 35.7 Å². The van der Waals surface area contributed by atoms with Crippen molar-refractivity contribution < 1.29 is 0 Å². The van der Waals surface area contributed by atoms with Gasteiger partial charge in [0, 0.05) is 28.6 Å². The third-order valence-corrected chi connectivity index (χ3v) is 5.48. The van der Waals surface area contributed by atoms with Crippen LogP contribution in [0.3, 0.4) is 0 Å². The van der Waals surface area contributed by atoms with Crippen LogP contribution < -0.4 is 5.32 Å². The third-order valence-electron chi connectivity index (χ3n) is 4.89. The van der Waals surface area contributed by atoms with Crippen LogP contribution in [-0.2, 0) is 12.8 Å². The number of para-hydroxylation sites is 1. The van der Waals surface area contributed by atoms with Crippen molar-refractivity contribution in [1.82, 2.24) is 9.78 Å². The number of nitrogens with zero attached hydrogens (tertiary/aromatic N) is 2. The van der Waals surface area contributed by atoms with E-state index in [9.17, 15) is 0 Å². The van der Waals surface area contributed by atoms with Crippen LogP contribution in [0.4, 0.5) is 5.82 Å². The smallest absolute Gasteiger partial charge is 0.133 e. The van der Waals surface area contributed by atoms with Crippen molar-refractivity contribution >= 4 is 29.0 Å². The maximum Gasteiger partial charge on any atom is 0.133 e. The quantitative estimate of drug-likeness (QED) is 0.609. The Morgan fingerprint density at radius 2 is 1.96 bits per heavy atom. The number of benzene rings is 2. The first-order valence-corrected chi connectivity index (χ1v) is 9.68. The van der Waals surface area contributed by atoms with Crippen molar-refractivity contribution in [3.63, 3.8) is 0 Å². The van der Waals surface area contributed by atoms with Crippen molar-refractivity contribution in [3.05, 3.63) is 74.9 Å². The molecule has 0 fully saturated rings. The molecule has 2 heterocycles. The Bertz CT molecular complexity index is 960. The molecule has 0 atom stereocenters. The van der Waals surface area contributed by atoms with Crippen molar-refractivity contribution in [2.75, 3.05) is 11.9 Å². The third kappa shape index (κ3) is 3.10. The van der Waals surface area contributed by atoms with Gasteiger partial charge >= 0.3 is 0 Å². The molecule has 2 aromatic carbocycles. The molecule has 5 heteroatoms.